The summed E-state index contributed by atoms with van der Waals surface area (Å²) in [7, 11) is 0. The van der Waals surface area contributed by atoms with E-state index in [1.807, 2.05) is 0 Å². The van der Waals surface area contributed by atoms with Crippen LogP contribution in [0.4, 0.5) is 13.9 Å². The van der Waals surface area contributed by atoms with E-state index in [4.69, 9.17) is 9.47 Å². The number of thiazole rings is 1. The number of alkyl halides is 2. The summed E-state index contributed by atoms with van der Waals surface area (Å²) in [6.45, 7) is 1.30. The van der Waals surface area contributed by atoms with Crippen molar-refractivity contribution in [2.24, 2.45) is 0 Å². The van der Waals surface area contributed by atoms with E-state index in [9.17, 15) is 8.78 Å². The van der Waals surface area contributed by atoms with Crippen LogP contribution in [0, 0.1) is 0 Å². The Morgan fingerprint density at radius 3 is 2.75 bits per heavy atom. The van der Waals surface area contributed by atoms with Crippen molar-refractivity contribution in [3.63, 3.8) is 0 Å². The van der Waals surface area contributed by atoms with Crippen molar-refractivity contribution in [2.75, 3.05) is 18.0 Å². The van der Waals surface area contributed by atoms with E-state index in [1.54, 1.807) is 17.2 Å². The predicted octanol–water partition coefficient (Wildman–Crippen LogP) is 1.99. The first-order valence-electron chi connectivity index (χ1n) is 4.93. The minimum Gasteiger partial charge on any atom is -0.336 e. The van der Waals surface area contributed by atoms with Gasteiger partial charge in [0.25, 0.3) is 5.92 Å². The molecule has 1 aromatic heterocycles. The first kappa shape index (κ1) is 10.4. The number of halogens is 2. The smallest absolute Gasteiger partial charge is 0.282 e. The van der Waals surface area contributed by atoms with Gasteiger partial charge in [-0.15, -0.1) is 11.3 Å². The van der Waals surface area contributed by atoms with Gasteiger partial charge in [-0.1, -0.05) is 0 Å². The van der Waals surface area contributed by atoms with Crippen molar-refractivity contribution in [3.05, 3.63) is 11.1 Å². The van der Waals surface area contributed by atoms with Gasteiger partial charge in [-0.25, -0.2) is 13.8 Å². The standard InChI is InChI=1S/C9H10F2N2O2S/c1-5-14-7(15-5)6-2-16-8(12-6)13-3-9(10,11)4-13/h2,5,7H,3-4H2,1H3. The van der Waals surface area contributed by atoms with Crippen molar-refractivity contribution in [3.8, 4) is 0 Å². The highest BCUT2D eigenvalue weighted by Gasteiger charge is 2.45. The number of hydrogen-bond donors (Lipinski definition) is 0. The minimum absolute atomic E-state index is 0.205. The summed E-state index contributed by atoms with van der Waals surface area (Å²) in [6.07, 6.45) is -0.634. The maximum absolute atomic E-state index is 12.7. The fourth-order valence-corrected chi connectivity index (χ4v) is 2.50. The van der Waals surface area contributed by atoms with Crippen molar-refractivity contribution in [2.45, 2.75) is 25.4 Å². The van der Waals surface area contributed by atoms with Gasteiger partial charge in [-0.3, -0.25) is 0 Å². The van der Waals surface area contributed by atoms with Gasteiger partial charge in [0.15, 0.2) is 11.4 Å². The van der Waals surface area contributed by atoms with Crippen molar-refractivity contribution in [1.29, 1.82) is 0 Å². The van der Waals surface area contributed by atoms with Gasteiger partial charge >= 0.3 is 0 Å². The van der Waals surface area contributed by atoms with E-state index < -0.39 is 12.2 Å². The number of rotatable bonds is 2. The molecule has 2 aliphatic heterocycles. The SMILES string of the molecule is CC1OC(c2csc(N3CC(F)(F)C3)n2)O1. The molecule has 0 aliphatic carbocycles. The van der Waals surface area contributed by atoms with Gasteiger partial charge < -0.3 is 14.4 Å². The summed E-state index contributed by atoms with van der Waals surface area (Å²) in [5, 5.41) is 2.38. The minimum atomic E-state index is -2.57. The third kappa shape index (κ3) is 1.68. The van der Waals surface area contributed by atoms with Crippen LogP contribution in [0.15, 0.2) is 5.38 Å². The zero-order chi connectivity index (χ0) is 11.3. The van der Waals surface area contributed by atoms with Crippen LogP contribution in [0.3, 0.4) is 0 Å². The van der Waals surface area contributed by atoms with E-state index >= 15 is 0 Å². The van der Waals surface area contributed by atoms with Crippen LogP contribution in [0.1, 0.15) is 18.9 Å². The molecule has 1 aromatic rings. The summed E-state index contributed by atoms with van der Waals surface area (Å²) >= 11 is 1.33. The molecule has 0 radical (unpaired) electrons. The molecule has 0 bridgehead atoms. The lowest BCUT2D eigenvalue weighted by molar-refractivity contribution is -0.383. The zero-order valence-corrected chi connectivity index (χ0v) is 9.34. The Morgan fingerprint density at radius 2 is 2.19 bits per heavy atom. The predicted molar refractivity (Wildman–Crippen MR) is 53.6 cm³/mol. The number of ether oxygens (including phenoxy) is 2. The second-order valence-corrected chi connectivity index (χ2v) is 4.78. The molecule has 88 valence electrons. The number of anilines is 1. The summed E-state index contributed by atoms with van der Waals surface area (Å²) in [6, 6.07) is 0. The Hall–Kier alpha value is -0.790. The van der Waals surface area contributed by atoms with Crippen LogP contribution >= 0.6 is 11.3 Å². The monoisotopic (exact) mass is 248 g/mol. The summed E-state index contributed by atoms with van der Waals surface area (Å²) in [5.41, 5.74) is 0.660. The third-order valence-corrected chi connectivity index (χ3v) is 3.42. The molecule has 0 spiro atoms. The van der Waals surface area contributed by atoms with Crippen molar-refractivity contribution < 1.29 is 18.3 Å². The third-order valence-electron chi connectivity index (χ3n) is 2.50. The molecule has 2 fully saturated rings. The first-order valence-corrected chi connectivity index (χ1v) is 5.81. The van der Waals surface area contributed by atoms with Crippen LogP contribution in [0.25, 0.3) is 0 Å². The number of aromatic nitrogens is 1. The summed E-state index contributed by atoms with van der Waals surface area (Å²) in [5.74, 6) is -2.57. The van der Waals surface area contributed by atoms with Crippen LogP contribution in [-0.4, -0.2) is 30.3 Å². The maximum Gasteiger partial charge on any atom is 0.282 e. The fourth-order valence-electron chi connectivity index (χ4n) is 1.67. The van der Waals surface area contributed by atoms with Crippen LogP contribution in [0.2, 0.25) is 0 Å². The summed E-state index contributed by atoms with van der Waals surface area (Å²) < 4.78 is 35.8. The average molecular weight is 248 g/mol. The highest BCUT2D eigenvalue weighted by molar-refractivity contribution is 7.13. The lowest BCUT2D eigenvalue weighted by Crippen LogP contribution is -2.56. The summed E-state index contributed by atoms with van der Waals surface area (Å²) in [4.78, 5) is 5.77. The number of hydrogen-bond acceptors (Lipinski definition) is 5. The quantitative estimate of drug-likeness (QED) is 0.801. The molecule has 0 aromatic carbocycles. The van der Waals surface area contributed by atoms with Gasteiger partial charge in [-0.2, -0.15) is 0 Å². The highest BCUT2D eigenvalue weighted by Crippen LogP contribution is 2.37. The van der Waals surface area contributed by atoms with E-state index in [-0.39, 0.29) is 19.4 Å². The van der Waals surface area contributed by atoms with E-state index in [0.29, 0.717) is 10.8 Å². The van der Waals surface area contributed by atoms with Crippen LogP contribution < -0.4 is 4.90 Å². The van der Waals surface area contributed by atoms with Gasteiger partial charge in [0, 0.05) is 5.38 Å². The van der Waals surface area contributed by atoms with E-state index in [2.05, 4.69) is 4.98 Å². The molecule has 0 atom stereocenters. The molecule has 0 amide bonds. The van der Waals surface area contributed by atoms with Crippen molar-refractivity contribution in [1.82, 2.24) is 4.98 Å². The van der Waals surface area contributed by atoms with Gasteiger partial charge in [-0.05, 0) is 6.92 Å². The van der Waals surface area contributed by atoms with Gasteiger partial charge in [0.2, 0.25) is 6.29 Å². The molecule has 16 heavy (non-hydrogen) atoms. The molecule has 0 saturated carbocycles. The Morgan fingerprint density at radius 1 is 1.50 bits per heavy atom. The Kier molecular flexibility index (Phi) is 2.17. The first-order chi connectivity index (χ1) is 7.53. The van der Waals surface area contributed by atoms with Crippen LogP contribution in [-0.2, 0) is 9.47 Å². The normalized spacial score (nSPS) is 32.1. The molecular formula is C9H10F2N2O2S. The van der Waals surface area contributed by atoms with E-state index in [0.717, 1.165) is 0 Å². The number of nitrogens with zero attached hydrogens (tertiary/aromatic N) is 2. The molecule has 2 saturated heterocycles. The van der Waals surface area contributed by atoms with E-state index in [1.165, 1.54) is 11.3 Å². The molecule has 7 heteroatoms. The van der Waals surface area contributed by atoms with Gasteiger partial charge in [0.05, 0.1) is 13.1 Å². The molecular weight excluding hydrogens is 238 g/mol. The Labute approximate surface area is 94.8 Å². The molecule has 0 N–H and O–H groups in total. The maximum atomic E-state index is 12.7. The zero-order valence-electron chi connectivity index (χ0n) is 8.52. The average Bonchev–Trinajstić information content (AvgIpc) is 2.57. The largest absolute Gasteiger partial charge is 0.336 e. The topological polar surface area (TPSA) is 34.6 Å². The molecule has 0 unspecified atom stereocenters. The molecule has 3 rings (SSSR count). The fraction of sp³-hybridized carbons (Fsp3) is 0.667. The highest BCUT2D eigenvalue weighted by atomic mass is 32.1. The Balaban J connectivity index is 1.65. The second-order valence-electron chi connectivity index (χ2n) is 3.94. The lowest BCUT2D eigenvalue weighted by Gasteiger charge is -2.38. The molecule has 2 aliphatic rings. The van der Waals surface area contributed by atoms with Crippen molar-refractivity contribution >= 4 is 16.5 Å². The molecule has 3 heterocycles. The Bertz CT molecular complexity index is 398. The molecule has 4 nitrogen and oxygen atoms in total. The van der Waals surface area contributed by atoms with Crippen LogP contribution in [0.5, 0.6) is 0 Å². The second kappa shape index (κ2) is 3.35. The lowest BCUT2D eigenvalue weighted by atomic mass is 10.2. The van der Waals surface area contributed by atoms with Gasteiger partial charge in [0.1, 0.15) is 5.69 Å².